The molecule has 0 N–H and O–H groups in total. The fourth-order valence-electron chi connectivity index (χ4n) is 2.03. The van der Waals surface area contributed by atoms with Crippen LogP contribution in [-0.4, -0.2) is 29.7 Å². The summed E-state index contributed by atoms with van der Waals surface area (Å²) in [5, 5.41) is 1.77. The standard InChI is InChI=1S/C17H19BrN2O4S/c1-10-12(6-7-13(19-10)23-5)20(16(22)24-17(2,3)4)15(21)14-11(18)8-9-25-14/h6-9H,1-5H3. The molecular weight excluding hydrogens is 408 g/mol. The van der Waals surface area contributed by atoms with Gasteiger partial charge < -0.3 is 9.47 Å². The van der Waals surface area contributed by atoms with Crippen LogP contribution in [0.15, 0.2) is 28.1 Å². The first-order chi connectivity index (χ1) is 11.6. The van der Waals surface area contributed by atoms with Gasteiger partial charge in [-0.05, 0) is 61.1 Å². The number of hydrogen-bond donors (Lipinski definition) is 0. The van der Waals surface area contributed by atoms with Crippen LogP contribution in [0.1, 0.15) is 36.1 Å². The lowest BCUT2D eigenvalue weighted by Crippen LogP contribution is -2.41. The fraction of sp³-hybridized carbons (Fsp3) is 0.353. The van der Waals surface area contributed by atoms with Crippen molar-refractivity contribution < 1.29 is 19.1 Å². The Balaban J connectivity index is 2.51. The maximum absolute atomic E-state index is 13.0. The van der Waals surface area contributed by atoms with E-state index in [-0.39, 0.29) is 0 Å². The number of carbonyl (C=O) groups excluding carboxylic acids is 2. The Morgan fingerprint density at radius 3 is 2.40 bits per heavy atom. The van der Waals surface area contributed by atoms with Crippen LogP contribution in [0.25, 0.3) is 0 Å². The highest BCUT2D eigenvalue weighted by molar-refractivity contribution is 9.10. The van der Waals surface area contributed by atoms with Gasteiger partial charge in [-0.3, -0.25) is 4.79 Å². The van der Waals surface area contributed by atoms with E-state index in [0.29, 0.717) is 26.6 Å². The molecule has 2 aromatic heterocycles. The second-order valence-electron chi connectivity index (χ2n) is 6.18. The van der Waals surface area contributed by atoms with Crippen molar-refractivity contribution >= 4 is 45.0 Å². The Bertz CT molecular complexity index is 798. The molecule has 2 rings (SSSR count). The third-order valence-corrected chi connectivity index (χ3v) is 4.90. The van der Waals surface area contributed by atoms with Crippen molar-refractivity contribution in [3.63, 3.8) is 0 Å². The van der Waals surface area contributed by atoms with Crippen LogP contribution in [0.2, 0.25) is 0 Å². The highest BCUT2D eigenvalue weighted by atomic mass is 79.9. The van der Waals surface area contributed by atoms with Crippen LogP contribution in [0.3, 0.4) is 0 Å². The van der Waals surface area contributed by atoms with Gasteiger partial charge in [0.2, 0.25) is 5.88 Å². The molecule has 0 bridgehead atoms. The van der Waals surface area contributed by atoms with Gasteiger partial charge >= 0.3 is 6.09 Å². The van der Waals surface area contributed by atoms with Crippen LogP contribution >= 0.6 is 27.3 Å². The van der Waals surface area contributed by atoms with Crippen molar-refractivity contribution in [3.05, 3.63) is 38.6 Å². The molecule has 0 unspecified atom stereocenters. The molecule has 0 saturated heterocycles. The van der Waals surface area contributed by atoms with E-state index >= 15 is 0 Å². The molecule has 0 atom stereocenters. The number of nitrogens with zero attached hydrogens (tertiary/aromatic N) is 2. The molecule has 0 aliphatic carbocycles. The molecule has 0 spiro atoms. The average Bonchev–Trinajstić information content (AvgIpc) is 2.93. The Labute approximate surface area is 158 Å². The summed E-state index contributed by atoms with van der Waals surface area (Å²) in [6.07, 6.45) is -0.757. The lowest BCUT2D eigenvalue weighted by Gasteiger charge is -2.26. The maximum Gasteiger partial charge on any atom is 0.422 e. The highest BCUT2D eigenvalue weighted by Crippen LogP contribution is 2.30. The summed E-state index contributed by atoms with van der Waals surface area (Å²) in [7, 11) is 1.50. The minimum absolute atomic E-state index is 0.348. The number of hydrogen-bond acceptors (Lipinski definition) is 6. The van der Waals surface area contributed by atoms with E-state index in [4.69, 9.17) is 9.47 Å². The predicted molar refractivity (Wildman–Crippen MR) is 101 cm³/mol. The number of amides is 2. The number of carbonyl (C=O) groups is 2. The molecule has 25 heavy (non-hydrogen) atoms. The van der Waals surface area contributed by atoms with Crippen molar-refractivity contribution in [2.24, 2.45) is 0 Å². The van der Waals surface area contributed by atoms with Gasteiger partial charge in [0.05, 0.1) is 18.5 Å². The van der Waals surface area contributed by atoms with Crippen LogP contribution < -0.4 is 9.64 Å². The quantitative estimate of drug-likeness (QED) is 0.704. The third kappa shape index (κ3) is 4.58. The second-order valence-corrected chi connectivity index (χ2v) is 7.95. The molecule has 0 radical (unpaired) electrons. The van der Waals surface area contributed by atoms with E-state index in [0.717, 1.165) is 4.90 Å². The SMILES string of the molecule is COc1ccc(N(C(=O)OC(C)(C)C)C(=O)c2sccc2Br)c(C)n1. The number of rotatable bonds is 3. The molecule has 2 aromatic rings. The van der Waals surface area contributed by atoms with E-state index in [9.17, 15) is 9.59 Å². The summed E-state index contributed by atoms with van der Waals surface area (Å²) in [5.74, 6) is -0.0821. The summed E-state index contributed by atoms with van der Waals surface area (Å²) in [6, 6.07) is 4.96. The summed E-state index contributed by atoms with van der Waals surface area (Å²) in [4.78, 5) is 31.4. The molecule has 0 aliphatic rings. The lowest BCUT2D eigenvalue weighted by molar-refractivity contribution is 0.0564. The minimum atomic E-state index is -0.757. The summed E-state index contributed by atoms with van der Waals surface area (Å²) < 4.78 is 11.1. The topological polar surface area (TPSA) is 68.7 Å². The summed E-state index contributed by atoms with van der Waals surface area (Å²) in [6.45, 7) is 6.93. The van der Waals surface area contributed by atoms with Gasteiger partial charge in [-0.25, -0.2) is 14.7 Å². The number of imide groups is 1. The van der Waals surface area contributed by atoms with E-state index in [2.05, 4.69) is 20.9 Å². The van der Waals surface area contributed by atoms with Gasteiger partial charge in [0.15, 0.2) is 0 Å². The van der Waals surface area contributed by atoms with Gasteiger partial charge in [-0.1, -0.05) is 0 Å². The molecule has 0 aromatic carbocycles. The minimum Gasteiger partial charge on any atom is -0.481 e. The zero-order valence-corrected chi connectivity index (χ0v) is 17.0. The van der Waals surface area contributed by atoms with Crippen molar-refractivity contribution in [2.45, 2.75) is 33.3 Å². The van der Waals surface area contributed by atoms with E-state index in [1.807, 2.05) is 0 Å². The number of ether oxygens (including phenoxy) is 2. The zero-order chi connectivity index (χ0) is 18.8. The first-order valence-electron chi connectivity index (χ1n) is 7.46. The monoisotopic (exact) mass is 426 g/mol. The number of pyridine rings is 1. The van der Waals surface area contributed by atoms with Crippen molar-refractivity contribution in [1.82, 2.24) is 4.98 Å². The first kappa shape index (κ1) is 19.4. The Morgan fingerprint density at radius 2 is 1.92 bits per heavy atom. The van der Waals surface area contributed by atoms with Gasteiger partial charge in [-0.15, -0.1) is 11.3 Å². The molecule has 0 aliphatic heterocycles. The smallest absolute Gasteiger partial charge is 0.422 e. The maximum atomic E-state index is 13.0. The number of thiophene rings is 1. The molecule has 6 nitrogen and oxygen atoms in total. The van der Waals surface area contributed by atoms with Crippen LogP contribution in [-0.2, 0) is 4.74 Å². The van der Waals surface area contributed by atoms with E-state index in [1.54, 1.807) is 51.3 Å². The van der Waals surface area contributed by atoms with Gasteiger partial charge in [0, 0.05) is 10.5 Å². The largest absolute Gasteiger partial charge is 0.481 e. The molecule has 2 heterocycles. The van der Waals surface area contributed by atoms with Gasteiger partial charge in [0.1, 0.15) is 10.5 Å². The molecule has 8 heteroatoms. The number of methoxy groups -OCH3 is 1. The second kappa shape index (κ2) is 7.53. The van der Waals surface area contributed by atoms with Crippen molar-refractivity contribution in [3.8, 4) is 5.88 Å². The first-order valence-corrected chi connectivity index (χ1v) is 9.13. The number of aryl methyl sites for hydroxylation is 1. The third-order valence-electron chi connectivity index (χ3n) is 3.07. The lowest BCUT2D eigenvalue weighted by atomic mass is 10.2. The van der Waals surface area contributed by atoms with Gasteiger partial charge in [-0.2, -0.15) is 0 Å². The normalized spacial score (nSPS) is 11.1. The Morgan fingerprint density at radius 1 is 1.24 bits per heavy atom. The molecule has 0 fully saturated rings. The number of halogens is 1. The number of aromatic nitrogens is 1. The van der Waals surface area contributed by atoms with E-state index in [1.165, 1.54) is 18.4 Å². The van der Waals surface area contributed by atoms with Crippen molar-refractivity contribution in [2.75, 3.05) is 12.0 Å². The molecule has 2 amide bonds. The summed E-state index contributed by atoms with van der Waals surface area (Å²) in [5.41, 5.74) is 0.0856. The Kier molecular flexibility index (Phi) is 5.84. The predicted octanol–water partition coefficient (Wildman–Crippen LogP) is 4.80. The number of anilines is 1. The van der Waals surface area contributed by atoms with Crippen LogP contribution in [0.5, 0.6) is 5.88 Å². The molecule has 134 valence electrons. The van der Waals surface area contributed by atoms with Crippen molar-refractivity contribution in [1.29, 1.82) is 0 Å². The van der Waals surface area contributed by atoms with E-state index < -0.39 is 17.6 Å². The van der Waals surface area contributed by atoms with Crippen LogP contribution in [0, 0.1) is 6.92 Å². The van der Waals surface area contributed by atoms with Gasteiger partial charge in [0.25, 0.3) is 5.91 Å². The average molecular weight is 427 g/mol. The molecule has 0 saturated carbocycles. The zero-order valence-electron chi connectivity index (χ0n) is 14.6. The van der Waals surface area contributed by atoms with Crippen LogP contribution in [0.4, 0.5) is 10.5 Å². The summed E-state index contributed by atoms with van der Waals surface area (Å²) >= 11 is 4.57. The molecular formula is C17H19BrN2O4S. The highest BCUT2D eigenvalue weighted by Gasteiger charge is 2.32. The Hall–Kier alpha value is -1.93. The fourth-order valence-corrected chi connectivity index (χ4v) is 3.50.